The molecule has 5 nitrogen and oxygen atoms in total. The lowest BCUT2D eigenvalue weighted by molar-refractivity contribution is 0.0256. The molecule has 0 atom stereocenters. The van der Waals surface area contributed by atoms with Crippen LogP contribution in [0.4, 0.5) is 5.69 Å². The molecule has 1 aliphatic rings. The number of aromatic nitrogens is 2. The number of rotatable bonds is 3. The summed E-state index contributed by atoms with van der Waals surface area (Å²) in [5.74, 6) is -0.299. The maximum absolute atomic E-state index is 13.5. The number of nitrogens with zero attached hydrogens (tertiary/aromatic N) is 2. The molecule has 1 N–H and O–H groups in total. The minimum absolute atomic E-state index is 0.299. The van der Waals surface area contributed by atoms with Gasteiger partial charge >= 0.3 is 5.97 Å². The second kappa shape index (κ2) is 7.00. The molecule has 0 fully saturated rings. The van der Waals surface area contributed by atoms with Gasteiger partial charge in [-0.3, -0.25) is 0 Å². The van der Waals surface area contributed by atoms with E-state index in [1.165, 1.54) is 0 Å². The molecule has 0 bridgehead atoms. The van der Waals surface area contributed by atoms with Gasteiger partial charge < -0.3 is 19.2 Å². The maximum Gasteiger partial charge on any atom is 0.340 e. The first-order valence-corrected chi connectivity index (χ1v) is 11.5. The molecule has 0 saturated carbocycles. The van der Waals surface area contributed by atoms with E-state index in [4.69, 9.17) is 4.74 Å². The molecule has 170 valence electrons. The van der Waals surface area contributed by atoms with Gasteiger partial charge in [0.15, 0.2) is 5.60 Å². The summed E-state index contributed by atoms with van der Waals surface area (Å²) in [4.78, 5) is 13.5. The number of hydrogen-bond acceptors (Lipinski definition) is 3. The third-order valence-electron chi connectivity index (χ3n) is 7.66. The molecule has 3 aromatic carbocycles. The monoisotopic (exact) mass is 449 g/mol. The quantitative estimate of drug-likeness (QED) is 0.355. The highest BCUT2D eigenvalue weighted by molar-refractivity contribution is 6.01. The number of para-hydroxylation sites is 2. The molecule has 2 aromatic heterocycles. The van der Waals surface area contributed by atoms with Gasteiger partial charge in [-0.15, -0.1) is 0 Å². The molecule has 1 aliphatic heterocycles. The molecular weight excluding hydrogens is 422 g/mol. The van der Waals surface area contributed by atoms with Gasteiger partial charge in [0.05, 0.1) is 5.56 Å². The average molecular weight is 450 g/mol. The van der Waals surface area contributed by atoms with E-state index in [9.17, 15) is 4.79 Å². The lowest BCUT2D eigenvalue weighted by atomic mass is 9.77. The Kier molecular flexibility index (Phi) is 4.24. The molecule has 0 amide bonds. The van der Waals surface area contributed by atoms with Crippen molar-refractivity contribution >= 4 is 33.5 Å². The predicted molar refractivity (Wildman–Crippen MR) is 137 cm³/mol. The van der Waals surface area contributed by atoms with Crippen LogP contribution in [-0.4, -0.2) is 22.2 Å². The number of carbonyl (C=O) groups is 1. The Morgan fingerprint density at radius 2 is 1.32 bits per heavy atom. The fraction of sp³-hybridized carbons (Fsp3) is 0.207. The SMILES string of the molecule is CNc1ccc2c(c1)C(=O)OC2(c1c(C)n(C)c2ccccc12)c1c(C)n(C)c2ccccc12. The van der Waals surface area contributed by atoms with Crippen LogP contribution in [0.5, 0.6) is 0 Å². The summed E-state index contributed by atoms with van der Waals surface area (Å²) in [6.45, 7) is 4.23. The molecule has 3 heterocycles. The summed E-state index contributed by atoms with van der Waals surface area (Å²) in [6, 6.07) is 22.7. The predicted octanol–water partition coefficient (Wildman–Crippen LogP) is 5.79. The van der Waals surface area contributed by atoms with Crippen LogP contribution in [0, 0.1) is 13.8 Å². The van der Waals surface area contributed by atoms with E-state index in [1.54, 1.807) is 0 Å². The lowest BCUT2D eigenvalue weighted by Gasteiger charge is -2.31. The Labute approximate surface area is 198 Å². The fourth-order valence-electron chi connectivity index (χ4n) is 5.85. The summed E-state index contributed by atoms with van der Waals surface area (Å²) < 4.78 is 11.0. The van der Waals surface area contributed by atoms with E-state index in [0.717, 1.165) is 55.6 Å². The lowest BCUT2D eigenvalue weighted by Crippen LogP contribution is -2.31. The first-order valence-electron chi connectivity index (χ1n) is 11.5. The Balaban J connectivity index is 1.85. The number of ether oxygens (including phenoxy) is 1. The number of fused-ring (bicyclic) bond motifs is 3. The Morgan fingerprint density at radius 1 is 0.794 bits per heavy atom. The molecule has 34 heavy (non-hydrogen) atoms. The zero-order valence-corrected chi connectivity index (χ0v) is 20.1. The van der Waals surface area contributed by atoms with Gasteiger partial charge in [-0.05, 0) is 38.1 Å². The van der Waals surface area contributed by atoms with E-state index < -0.39 is 5.60 Å². The largest absolute Gasteiger partial charge is 0.440 e. The van der Waals surface area contributed by atoms with Gasteiger partial charge in [-0.2, -0.15) is 0 Å². The van der Waals surface area contributed by atoms with Crippen molar-refractivity contribution in [3.8, 4) is 0 Å². The van der Waals surface area contributed by atoms with Crippen LogP contribution in [0.25, 0.3) is 21.8 Å². The van der Waals surface area contributed by atoms with Gasteiger partial charge in [-0.25, -0.2) is 4.79 Å². The topological polar surface area (TPSA) is 48.2 Å². The second-order valence-corrected chi connectivity index (χ2v) is 9.15. The number of anilines is 1. The van der Waals surface area contributed by atoms with Crippen molar-refractivity contribution in [2.75, 3.05) is 12.4 Å². The molecule has 0 spiro atoms. The van der Waals surface area contributed by atoms with Gasteiger partial charge in [0.25, 0.3) is 0 Å². The summed E-state index contributed by atoms with van der Waals surface area (Å²) in [6.07, 6.45) is 0. The van der Waals surface area contributed by atoms with E-state index in [0.29, 0.717) is 5.56 Å². The van der Waals surface area contributed by atoms with Crippen LogP contribution in [-0.2, 0) is 24.4 Å². The molecule has 5 aromatic rings. The molecule has 5 heteroatoms. The number of cyclic esters (lactones) is 1. The number of hydrogen-bond donors (Lipinski definition) is 1. The molecule has 0 aliphatic carbocycles. The van der Waals surface area contributed by atoms with Crippen molar-refractivity contribution in [3.05, 3.63) is 100 Å². The van der Waals surface area contributed by atoms with E-state index >= 15 is 0 Å². The highest BCUT2D eigenvalue weighted by atomic mass is 16.6. The fourth-order valence-corrected chi connectivity index (χ4v) is 5.85. The summed E-state index contributed by atoms with van der Waals surface area (Å²) in [7, 11) is 6.01. The normalized spacial score (nSPS) is 14.6. The molecule has 0 unspecified atom stereocenters. The summed E-state index contributed by atoms with van der Waals surface area (Å²) >= 11 is 0. The number of nitrogens with one attached hydrogen (secondary N) is 1. The molecular formula is C29H27N3O2. The van der Waals surface area contributed by atoms with Crippen molar-refractivity contribution < 1.29 is 9.53 Å². The first-order chi connectivity index (χ1) is 16.4. The third kappa shape index (κ3) is 2.41. The van der Waals surface area contributed by atoms with E-state index in [2.05, 4.69) is 97.0 Å². The second-order valence-electron chi connectivity index (χ2n) is 9.15. The van der Waals surface area contributed by atoms with Crippen LogP contribution >= 0.6 is 0 Å². The van der Waals surface area contributed by atoms with Crippen molar-refractivity contribution in [2.24, 2.45) is 14.1 Å². The van der Waals surface area contributed by atoms with Gasteiger partial charge in [0.2, 0.25) is 0 Å². The van der Waals surface area contributed by atoms with Crippen LogP contribution in [0.2, 0.25) is 0 Å². The van der Waals surface area contributed by atoms with Crippen molar-refractivity contribution in [3.63, 3.8) is 0 Å². The van der Waals surface area contributed by atoms with Gasteiger partial charge in [0.1, 0.15) is 0 Å². The Morgan fingerprint density at radius 3 is 1.85 bits per heavy atom. The van der Waals surface area contributed by atoms with Gasteiger partial charge in [0, 0.05) is 76.7 Å². The summed E-state index contributed by atoms with van der Waals surface area (Å²) in [5.41, 5.74) is 7.74. The summed E-state index contributed by atoms with van der Waals surface area (Å²) in [5, 5.41) is 5.34. The molecule has 0 radical (unpaired) electrons. The van der Waals surface area contributed by atoms with Crippen molar-refractivity contribution in [2.45, 2.75) is 19.4 Å². The Hall–Kier alpha value is -3.99. The number of aryl methyl sites for hydroxylation is 2. The highest BCUT2D eigenvalue weighted by Gasteiger charge is 2.53. The smallest absolute Gasteiger partial charge is 0.340 e. The van der Waals surface area contributed by atoms with Crippen molar-refractivity contribution in [1.29, 1.82) is 0 Å². The van der Waals surface area contributed by atoms with Crippen LogP contribution in [0.3, 0.4) is 0 Å². The first kappa shape index (κ1) is 20.6. The van der Waals surface area contributed by atoms with Gasteiger partial charge in [-0.1, -0.05) is 42.5 Å². The zero-order valence-electron chi connectivity index (χ0n) is 20.1. The van der Waals surface area contributed by atoms with Crippen LogP contribution in [0.1, 0.15) is 38.4 Å². The van der Waals surface area contributed by atoms with Crippen molar-refractivity contribution in [1.82, 2.24) is 9.13 Å². The van der Waals surface area contributed by atoms with Crippen LogP contribution in [0.15, 0.2) is 66.7 Å². The number of carbonyl (C=O) groups excluding carboxylic acids is 1. The van der Waals surface area contributed by atoms with Crippen LogP contribution < -0.4 is 5.32 Å². The molecule has 0 saturated heterocycles. The molecule has 6 rings (SSSR count). The van der Waals surface area contributed by atoms with E-state index in [1.807, 2.05) is 19.2 Å². The minimum Gasteiger partial charge on any atom is -0.440 e. The third-order valence-corrected chi connectivity index (χ3v) is 7.66. The highest BCUT2D eigenvalue weighted by Crippen LogP contribution is 2.54. The number of esters is 1. The maximum atomic E-state index is 13.5. The number of benzene rings is 3. The van der Waals surface area contributed by atoms with E-state index in [-0.39, 0.29) is 5.97 Å². The zero-order chi connectivity index (χ0) is 23.8. The minimum atomic E-state index is -1.06. The Bertz CT molecular complexity index is 1550. The average Bonchev–Trinajstić information content (AvgIpc) is 3.40. The standard InChI is InChI=1S/C29H27N3O2/c1-17-26(20-10-6-8-12-24(20)31(17)4)29(23-15-14-19(30-3)16-22(23)28(33)34-29)27-18(2)32(5)25-13-9-7-11-21(25)27/h6-16,30H,1-5H3.